The van der Waals surface area contributed by atoms with Gasteiger partial charge in [-0.1, -0.05) is 13.8 Å². The molecule has 3 N–H and O–H groups in total. The molecule has 2 rings (SSSR count). The van der Waals surface area contributed by atoms with Crippen molar-refractivity contribution in [3.63, 3.8) is 0 Å². The van der Waals surface area contributed by atoms with Crippen LogP contribution in [0.3, 0.4) is 0 Å². The van der Waals surface area contributed by atoms with Crippen LogP contribution in [0.2, 0.25) is 0 Å². The maximum atomic E-state index is 12.3. The Morgan fingerprint density at radius 1 is 1.26 bits per heavy atom. The van der Waals surface area contributed by atoms with Crippen LogP contribution in [0.25, 0.3) is 0 Å². The number of carboxylic acid groups (broad SMARTS) is 1. The number of carbonyl (C=O) groups is 2. The molecule has 0 aliphatic carbocycles. The van der Waals surface area contributed by atoms with E-state index in [0.29, 0.717) is 31.1 Å². The molecule has 27 heavy (non-hydrogen) atoms. The van der Waals surface area contributed by atoms with E-state index in [4.69, 9.17) is 0 Å². The van der Waals surface area contributed by atoms with Crippen molar-refractivity contribution < 1.29 is 23.1 Å². The smallest absolute Gasteiger partial charge is 0.321 e. The van der Waals surface area contributed by atoms with Gasteiger partial charge in [0.2, 0.25) is 10.0 Å². The van der Waals surface area contributed by atoms with E-state index in [9.17, 15) is 23.1 Å². The van der Waals surface area contributed by atoms with Gasteiger partial charge in [-0.25, -0.2) is 17.9 Å². The molecular formula is C18H27N3O5S. The topological polar surface area (TPSA) is 116 Å². The van der Waals surface area contributed by atoms with Crippen molar-refractivity contribution in [1.29, 1.82) is 0 Å². The number of hydrogen-bond acceptors (Lipinski definition) is 4. The average Bonchev–Trinajstić information content (AvgIpc) is 2.99. The number of amides is 2. The van der Waals surface area contributed by atoms with Crippen LogP contribution in [0.1, 0.15) is 33.6 Å². The van der Waals surface area contributed by atoms with Crippen LogP contribution in [-0.4, -0.2) is 50.1 Å². The van der Waals surface area contributed by atoms with Crippen molar-refractivity contribution in [3.05, 3.63) is 24.3 Å². The number of carbonyl (C=O) groups excluding carboxylic acids is 1. The molecule has 2 amide bonds. The first kappa shape index (κ1) is 21.2. The molecule has 0 aromatic heterocycles. The second kappa shape index (κ2) is 8.26. The maximum Gasteiger partial charge on any atom is 0.321 e. The first-order valence-corrected chi connectivity index (χ1v) is 10.4. The molecule has 0 radical (unpaired) electrons. The van der Waals surface area contributed by atoms with E-state index < -0.39 is 27.4 Å². The molecule has 1 atom stereocenters. The Kier molecular flexibility index (Phi) is 6.48. The summed E-state index contributed by atoms with van der Waals surface area (Å²) in [4.78, 5) is 25.2. The fourth-order valence-corrected chi connectivity index (χ4v) is 3.84. The molecular weight excluding hydrogens is 370 g/mol. The SMILES string of the molecule is CC(C)CCNS(=O)(=O)c1ccc(NC(=O)N2CCC(C)(C(=O)O)C2)cc1. The molecule has 1 fully saturated rings. The Hall–Kier alpha value is -2.13. The monoisotopic (exact) mass is 397 g/mol. The van der Waals surface area contributed by atoms with Crippen molar-refractivity contribution in [2.45, 2.75) is 38.5 Å². The summed E-state index contributed by atoms with van der Waals surface area (Å²) in [5.74, 6) is -0.517. The highest BCUT2D eigenvalue weighted by atomic mass is 32.2. The van der Waals surface area contributed by atoms with Gasteiger partial charge in [0.25, 0.3) is 0 Å². The summed E-state index contributed by atoms with van der Waals surface area (Å²) in [5.41, 5.74) is -0.484. The summed E-state index contributed by atoms with van der Waals surface area (Å²) < 4.78 is 27.0. The van der Waals surface area contributed by atoms with Crippen LogP contribution in [0.15, 0.2) is 29.2 Å². The zero-order valence-electron chi connectivity index (χ0n) is 15.9. The zero-order chi connectivity index (χ0) is 20.2. The first-order valence-electron chi connectivity index (χ1n) is 8.92. The second-order valence-electron chi connectivity index (χ2n) is 7.57. The quantitative estimate of drug-likeness (QED) is 0.653. The van der Waals surface area contributed by atoms with Gasteiger partial charge >= 0.3 is 12.0 Å². The number of likely N-dealkylation sites (tertiary alicyclic amines) is 1. The van der Waals surface area contributed by atoms with Crippen molar-refractivity contribution >= 4 is 27.7 Å². The standard InChI is InChI=1S/C18H27N3O5S/c1-13(2)8-10-19-27(25,26)15-6-4-14(5-7-15)20-17(24)21-11-9-18(3,12-21)16(22)23/h4-7,13,19H,8-12H2,1-3H3,(H,20,24)(H,22,23). The number of nitrogens with zero attached hydrogens (tertiary/aromatic N) is 1. The number of sulfonamides is 1. The third-order valence-electron chi connectivity index (χ3n) is 4.71. The summed E-state index contributed by atoms with van der Waals surface area (Å²) in [5, 5.41) is 11.9. The van der Waals surface area contributed by atoms with Crippen LogP contribution in [0, 0.1) is 11.3 Å². The number of rotatable bonds is 7. The third-order valence-corrected chi connectivity index (χ3v) is 6.18. The minimum absolute atomic E-state index is 0.129. The van der Waals surface area contributed by atoms with Gasteiger partial charge in [0.05, 0.1) is 10.3 Å². The molecule has 1 saturated heterocycles. The number of hydrogen-bond donors (Lipinski definition) is 3. The molecule has 8 nitrogen and oxygen atoms in total. The normalized spacial score (nSPS) is 20.1. The maximum absolute atomic E-state index is 12.3. The van der Waals surface area contributed by atoms with Crippen LogP contribution in [-0.2, 0) is 14.8 Å². The van der Waals surface area contributed by atoms with Gasteiger partial charge in [-0.2, -0.15) is 0 Å². The molecule has 0 saturated carbocycles. The number of carboxylic acids is 1. The van der Waals surface area contributed by atoms with E-state index in [2.05, 4.69) is 10.0 Å². The fraction of sp³-hybridized carbons (Fsp3) is 0.556. The molecule has 9 heteroatoms. The largest absolute Gasteiger partial charge is 0.481 e. The summed E-state index contributed by atoms with van der Waals surface area (Å²) in [6, 6.07) is 5.49. The predicted octanol–water partition coefficient (Wildman–Crippen LogP) is 2.34. The van der Waals surface area contributed by atoms with E-state index >= 15 is 0 Å². The highest BCUT2D eigenvalue weighted by molar-refractivity contribution is 7.89. The van der Waals surface area contributed by atoms with Crippen LogP contribution < -0.4 is 10.0 Å². The molecule has 150 valence electrons. The number of aliphatic carboxylic acids is 1. The molecule has 1 aliphatic rings. The molecule has 1 aromatic rings. The Labute approximate surface area is 160 Å². The highest BCUT2D eigenvalue weighted by Gasteiger charge is 2.42. The van der Waals surface area contributed by atoms with Gasteiger partial charge in [-0.05, 0) is 49.9 Å². The van der Waals surface area contributed by atoms with E-state index in [0.717, 1.165) is 6.42 Å². The fourth-order valence-electron chi connectivity index (χ4n) is 2.79. The Balaban J connectivity index is 1.96. The Morgan fingerprint density at radius 3 is 2.41 bits per heavy atom. The summed E-state index contributed by atoms with van der Waals surface area (Å²) >= 11 is 0. The highest BCUT2D eigenvalue weighted by Crippen LogP contribution is 2.30. The summed E-state index contributed by atoms with van der Waals surface area (Å²) in [7, 11) is -3.58. The Morgan fingerprint density at radius 2 is 1.89 bits per heavy atom. The van der Waals surface area contributed by atoms with Gasteiger partial charge in [0.15, 0.2) is 0 Å². The van der Waals surface area contributed by atoms with Crippen LogP contribution in [0.5, 0.6) is 0 Å². The van der Waals surface area contributed by atoms with Gasteiger partial charge in [-0.3, -0.25) is 4.79 Å². The van der Waals surface area contributed by atoms with Gasteiger partial charge < -0.3 is 15.3 Å². The number of nitrogens with one attached hydrogen (secondary N) is 2. The van der Waals surface area contributed by atoms with Crippen LogP contribution >= 0.6 is 0 Å². The van der Waals surface area contributed by atoms with Crippen molar-refractivity contribution in [1.82, 2.24) is 9.62 Å². The number of benzene rings is 1. The molecule has 1 unspecified atom stereocenters. The summed E-state index contributed by atoms with van der Waals surface area (Å²) in [6.07, 6.45) is 1.15. The van der Waals surface area contributed by atoms with E-state index in [1.807, 2.05) is 13.8 Å². The second-order valence-corrected chi connectivity index (χ2v) is 9.34. The average molecular weight is 397 g/mol. The van der Waals surface area contributed by atoms with Crippen molar-refractivity contribution in [2.24, 2.45) is 11.3 Å². The predicted molar refractivity (Wildman–Crippen MR) is 102 cm³/mol. The third kappa shape index (κ3) is 5.43. The number of anilines is 1. The van der Waals surface area contributed by atoms with Gasteiger partial charge in [-0.15, -0.1) is 0 Å². The molecule has 0 spiro atoms. The number of urea groups is 1. The van der Waals surface area contributed by atoms with Crippen LogP contribution in [0.4, 0.5) is 10.5 Å². The molecule has 1 aliphatic heterocycles. The summed E-state index contributed by atoms with van der Waals surface area (Å²) in [6.45, 7) is 6.53. The van der Waals surface area contributed by atoms with Crippen molar-refractivity contribution in [2.75, 3.05) is 25.0 Å². The lowest BCUT2D eigenvalue weighted by Crippen LogP contribution is -2.37. The minimum atomic E-state index is -3.58. The lowest BCUT2D eigenvalue weighted by molar-refractivity contribution is -0.146. The first-order chi connectivity index (χ1) is 12.5. The van der Waals surface area contributed by atoms with E-state index in [1.54, 1.807) is 6.92 Å². The van der Waals surface area contributed by atoms with Gasteiger partial charge in [0, 0.05) is 25.3 Å². The minimum Gasteiger partial charge on any atom is -0.481 e. The lowest BCUT2D eigenvalue weighted by atomic mass is 9.90. The van der Waals surface area contributed by atoms with E-state index in [-0.39, 0.29) is 11.4 Å². The molecule has 0 bridgehead atoms. The van der Waals surface area contributed by atoms with Crippen molar-refractivity contribution in [3.8, 4) is 0 Å². The zero-order valence-corrected chi connectivity index (χ0v) is 16.7. The molecule has 1 aromatic carbocycles. The van der Waals surface area contributed by atoms with E-state index in [1.165, 1.54) is 29.2 Å². The molecule has 1 heterocycles. The van der Waals surface area contributed by atoms with Gasteiger partial charge in [0.1, 0.15) is 0 Å². The lowest BCUT2D eigenvalue weighted by Gasteiger charge is -2.20. The Bertz CT molecular complexity index is 792.